The topological polar surface area (TPSA) is 86.5 Å². The predicted octanol–water partition coefficient (Wildman–Crippen LogP) is 9.56. The van der Waals surface area contributed by atoms with Gasteiger partial charge in [-0.2, -0.15) is 0 Å². The molecule has 0 saturated heterocycles. The van der Waals surface area contributed by atoms with Gasteiger partial charge >= 0.3 is 5.97 Å². The Morgan fingerprint density at radius 2 is 1.24 bits per heavy atom. The number of rotatable bonds is 24. The number of carbonyl (C=O) groups excluding carboxylic acids is 2. The highest BCUT2D eigenvalue weighted by Crippen LogP contribution is 2.25. The lowest BCUT2D eigenvalue weighted by Gasteiger charge is -2.09. The molecule has 0 heterocycles. The molecule has 0 unspecified atom stereocenters. The summed E-state index contributed by atoms with van der Waals surface area (Å²) in [6.45, 7) is 2.15. The lowest BCUT2D eigenvalue weighted by atomic mass is 10.0. The Hall–Kier alpha value is -1.89. The van der Waals surface area contributed by atoms with E-state index in [9.17, 15) is 19.7 Å². The van der Waals surface area contributed by atoms with Crippen LogP contribution in [0.5, 0.6) is 0 Å². The second-order valence-electron chi connectivity index (χ2n) is 10.2. The van der Waals surface area contributed by atoms with E-state index in [2.05, 4.69) is 19.6 Å². The predicted molar refractivity (Wildman–Crippen MR) is 154 cm³/mol. The number of nitrogens with zero attached hydrogens (tertiary/aromatic N) is 1. The lowest BCUT2D eigenvalue weighted by molar-refractivity contribution is -0.385. The number of hydrogen-bond acceptors (Lipinski definition) is 6. The largest absolute Gasteiger partial charge is 0.461 e. The number of nitro benzene ring substituents is 1. The Morgan fingerprint density at radius 3 is 1.65 bits per heavy atom. The second kappa shape index (κ2) is 22.1. The van der Waals surface area contributed by atoms with Gasteiger partial charge in [-0.05, 0) is 6.42 Å². The van der Waals surface area contributed by atoms with Crippen LogP contribution in [0, 0.1) is 10.1 Å². The van der Waals surface area contributed by atoms with E-state index in [4.69, 9.17) is 4.74 Å². The normalized spacial score (nSPS) is 11.0. The molecule has 0 amide bonds. The van der Waals surface area contributed by atoms with E-state index >= 15 is 0 Å². The first-order valence-corrected chi connectivity index (χ1v) is 15.0. The van der Waals surface area contributed by atoms with Crippen LogP contribution in [0.2, 0.25) is 0 Å². The first-order chi connectivity index (χ1) is 18.0. The summed E-state index contributed by atoms with van der Waals surface area (Å²) in [5, 5.41) is 11.0. The number of unbranched alkanes of at least 4 members (excludes halogenated alkanes) is 18. The van der Waals surface area contributed by atoms with Gasteiger partial charge in [0.25, 0.3) is 5.69 Å². The molecule has 0 fully saturated rings. The van der Waals surface area contributed by atoms with Crippen molar-refractivity contribution in [3.05, 3.63) is 33.4 Å². The number of carbonyl (C=O) groups is 2. The van der Waals surface area contributed by atoms with Crippen LogP contribution in [0.15, 0.2) is 17.0 Å². The third-order valence-corrected chi connectivity index (χ3v) is 7.46. The van der Waals surface area contributed by atoms with Crippen LogP contribution < -0.4 is 0 Å². The van der Waals surface area contributed by atoms with E-state index < -0.39 is 4.92 Å². The zero-order chi connectivity index (χ0) is 27.1. The van der Waals surface area contributed by atoms with Gasteiger partial charge < -0.3 is 4.74 Å². The number of non-ortho nitro benzene ring substituents is 1. The van der Waals surface area contributed by atoms with Crippen molar-refractivity contribution in [2.45, 2.75) is 147 Å². The highest BCUT2D eigenvalue weighted by Gasteiger charge is 2.15. The molecule has 0 radical (unpaired) electrons. The van der Waals surface area contributed by atoms with E-state index in [1.165, 1.54) is 115 Å². The standard InChI is InChI=1S/C30H49NO5S/c1-2-3-4-5-6-7-8-9-10-11-12-13-14-15-16-17-18-19-20-21-29(33)36-25-27-23-28(31(34)35)22-26(24-32)30(27)37/h22-24,37H,2-21,25H2,1H3. The molecule has 0 aliphatic heterocycles. The van der Waals surface area contributed by atoms with Crippen LogP contribution in [-0.2, 0) is 16.1 Å². The first kappa shape index (κ1) is 33.1. The summed E-state index contributed by atoms with van der Waals surface area (Å²) in [4.78, 5) is 33.9. The maximum Gasteiger partial charge on any atom is 0.306 e. The molecule has 6 nitrogen and oxygen atoms in total. The van der Waals surface area contributed by atoms with Crippen LogP contribution in [0.4, 0.5) is 5.69 Å². The second-order valence-corrected chi connectivity index (χ2v) is 10.6. The van der Waals surface area contributed by atoms with Crippen molar-refractivity contribution >= 4 is 30.6 Å². The summed E-state index contributed by atoms with van der Waals surface area (Å²) in [7, 11) is 0. The van der Waals surface area contributed by atoms with Gasteiger partial charge in [-0.15, -0.1) is 12.6 Å². The summed E-state index contributed by atoms with van der Waals surface area (Å²) in [5.74, 6) is -0.334. The SMILES string of the molecule is CCCCCCCCCCCCCCCCCCCCCC(=O)OCc1cc([N+](=O)[O-])cc(C=O)c1S. The molecule has 7 heteroatoms. The number of aldehydes is 1. The zero-order valence-corrected chi connectivity index (χ0v) is 23.9. The van der Waals surface area contributed by atoms with Crippen LogP contribution in [0.3, 0.4) is 0 Å². The number of ether oxygens (including phenoxy) is 1. The minimum absolute atomic E-state index is 0.113. The lowest BCUT2D eigenvalue weighted by Crippen LogP contribution is -2.06. The van der Waals surface area contributed by atoms with Crippen molar-refractivity contribution in [2.75, 3.05) is 0 Å². The van der Waals surface area contributed by atoms with Crippen molar-refractivity contribution in [2.24, 2.45) is 0 Å². The molecule has 0 aromatic heterocycles. The summed E-state index contributed by atoms with van der Waals surface area (Å²) < 4.78 is 5.25. The monoisotopic (exact) mass is 535 g/mol. The fraction of sp³-hybridized carbons (Fsp3) is 0.733. The Balaban J connectivity index is 1.95. The van der Waals surface area contributed by atoms with Gasteiger partial charge in [-0.1, -0.05) is 122 Å². The van der Waals surface area contributed by atoms with E-state index in [0.29, 0.717) is 23.2 Å². The fourth-order valence-corrected chi connectivity index (χ4v) is 4.83. The van der Waals surface area contributed by atoms with Gasteiger partial charge in [0.15, 0.2) is 6.29 Å². The minimum Gasteiger partial charge on any atom is -0.461 e. The summed E-state index contributed by atoms with van der Waals surface area (Å²) in [6, 6.07) is 2.46. The highest BCUT2D eigenvalue weighted by atomic mass is 32.1. The highest BCUT2D eigenvalue weighted by molar-refractivity contribution is 7.80. The van der Waals surface area contributed by atoms with Gasteiger partial charge in [0.2, 0.25) is 0 Å². The van der Waals surface area contributed by atoms with Gasteiger partial charge in [0.05, 0.1) is 4.92 Å². The Kier molecular flexibility index (Phi) is 19.8. The number of thiol groups is 1. The summed E-state index contributed by atoms with van der Waals surface area (Å²) >= 11 is 4.24. The van der Waals surface area contributed by atoms with E-state index in [1.807, 2.05) is 0 Å². The summed E-state index contributed by atoms with van der Waals surface area (Å²) in [5.41, 5.74) is 0.258. The van der Waals surface area contributed by atoms with Gasteiger partial charge in [-0.3, -0.25) is 19.7 Å². The van der Waals surface area contributed by atoms with E-state index in [-0.39, 0.29) is 23.8 Å². The molecule has 0 spiro atoms. The van der Waals surface area contributed by atoms with Crippen molar-refractivity contribution in [1.82, 2.24) is 0 Å². The quantitative estimate of drug-likeness (QED) is 0.0355. The van der Waals surface area contributed by atoms with Crippen molar-refractivity contribution in [3.8, 4) is 0 Å². The Labute approximate surface area is 229 Å². The molecule has 1 rings (SSSR count). The number of esters is 1. The number of hydrogen-bond donors (Lipinski definition) is 1. The molecule has 210 valence electrons. The van der Waals surface area contributed by atoms with E-state index in [0.717, 1.165) is 19.3 Å². The molecule has 0 bridgehead atoms. The fourth-order valence-electron chi connectivity index (χ4n) is 4.59. The molecular weight excluding hydrogens is 486 g/mol. The maximum absolute atomic E-state index is 12.0. The Bertz CT molecular complexity index is 783. The average Bonchev–Trinajstić information content (AvgIpc) is 2.89. The van der Waals surface area contributed by atoms with Crippen LogP contribution in [0.1, 0.15) is 151 Å². The molecule has 1 aromatic carbocycles. The molecule has 0 saturated carbocycles. The molecule has 37 heavy (non-hydrogen) atoms. The van der Waals surface area contributed by atoms with E-state index in [1.54, 1.807) is 0 Å². The van der Waals surface area contributed by atoms with Crippen LogP contribution >= 0.6 is 12.6 Å². The first-order valence-electron chi connectivity index (χ1n) is 14.6. The van der Waals surface area contributed by atoms with Gasteiger partial charge in [0, 0.05) is 34.6 Å². The number of benzene rings is 1. The maximum atomic E-state index is 12.0. The molecule has 0 N–H and O–H groups in total. The van der Waals surface area contributed by atoms with Crippen LogP contribution in [-0.4, -0.2) is 17.2 Å². The minimum atomic E-state index is -0.579. The summed E-state index contributed by atoms with van der Waals surface area (Å²) in [6.07, 6.45) is 25.6. The van der Waals surface area contributed by atoms with Crippen molar-refractivity contribution < 1.29 is 19.2 Å². The van der Waals surface area contributed by atoms with Gasteiger partial charge in [0.1, 0.15) is 6.61 Å². The molecule has 0 aliphatic rings. The zero-order valence-electron chi connectivity index (χ0n) is 23.0. The van der Waals surface area contributed by atoms with Crippen molar-refractivity contribution in [3.63, 3.8) is 0 Å². The smallest absolute Gasteiger partial charge is 0.306 e. The molecular formula is C30H49NO5S. The third kappa shape index (κ3) is 16.5. The molecule has 0 atom stereocenters. The average molecular weight is 536 g/mol. The third-order valence-electron chi connectivity index (χ3n) is 6.91. The Morgan fingerprint density at radius 1 is 0.811 bits per heavy atom. The van der Waals surface area contributed by atoms with Crippen LogP contribution in [0.25, 0.3) is 0 Å². The van der Waals surface area contributed by atoms with Gasteiger partial charge in [-0.25, -0.2) is 0 Å². The molecule has 0 aliphatic carbocycles. The number of nitro groups is 1. The molecule has 1 aromatic rings. The van der Waals surface area contributed by atoms with Crippen molar-refractivity contribution in [1.29, 1.82) is 0 Å².